The van der Waals surface area contributed by atoms with Crippen LogP contribution in [0.15, 0.2) is 82.6 Å². The third-order valence-corrected chi connectivity index (χ3v) is 12.3. The number of nitrogens with two attached hydrogens (primary N) is 1. The number of carbonyl (C=O) groups is 3. The summed E-state index contributed by atoms with van der Waals surface area (Å²) in [6.07, 6.45) is 0. The van der Waals surface area contributed by atoms with E-state index in [0.29, 0.717) is 11.3 Å². The summed E-state index contributed by atoms with van der Waals surface area (Å²) in [5.74, 6) is -1.27. The van der Waals surface area contributed by atoms with Crippen molar-refractivity contribution in [2.75, 3.05) is 22.9 Å². The van der Waals surface area contributed by atoms with Crippen LogP contribution in [0.4, 0.5) is 20.1 Å². The smallest absolute Gasteiger partial charge is 0.320 e. The molecule has 0 fully saturated rings. The van der Waals surface area contributed by atoms with Gasteiger partial charge in [-0.2, -0.15) is 0 Å². The number of nitrogens with one attached hydrogen (secondary N) is 5. The number of aryl methyl sites for hydroxylation is 3. The van der Waals surface area contributed by atoms with E-state index in [1.54, 1.807) is 96.1 Å². The highest BCUT2D eigenvalue weighted by Crippen LogP contribution is 2.18. The van der Waals surface area contributed by atoms with E-state index >= 15 is 0 Å². The molecule has 0 spiro atoms. The largest absolute Gasteiger partial charge is 0.352 e. The molecular weight excluding hydrogens is 733 g/mol. The SMILES string of the molecule is CC(C)(C)S(=O)(=O)CNC(N)=O.Cc1ccc(S(=O)(=O)CNC(=O)NC(C)C)cc1.Cc1ccc(S(=O)(=O)CNC(=O)Nc2ccccc2)c(C)c1. The second-order valence-electron chi connectivity index (χ2n) is 12.8. The van der Waals surface area contributed by atoms with Gasteiger partial charge in [-0.25, -0.2) is 39.6 Å². The molecule has 0 aliphatic heterocycles. The molecule has 15 nitrogen and oxygen atoms in total. The maximum atomic E-state index is 12.3. The Hall–Kier alpha value is -4.68. The van der Waals surface area contributed by atoms with Crippen LogP contribution >= 0.6 is 0 Å². The number of hydrogen-bond donors (Lipinski definition) is 6. The fraction of sp³-hybridized carbons (Fsp3) is 0.382. The molecule has 3 aromatic carbocycles. The van der Waals surface area contributed by atoms with Gasteiger partial charge in [-0.1, -0.05) is 53.6 Å². The summed E-state index contributed by atoms with van der Waals surface area (Å²) in [5, 5.41) is 11.9. The number of carbonyl (C=O) groups excluding carboxylic acids is 3. The zero-order valence-electron chi connectivity index (χ0n) is 30.6. The lowest BCUT2D eigenvalue weighted by atomic mass is 10.2. The molecule has 3 rings (SSSR count). The van der Waals surface area contributed by atoms with Crippen LogP contribution in [0.5, 0.6) is 0 Å². The predicted molar refractivity (Wildman–Crippen MR) is 203 cm³/mol. The highest BCUT2D eigenvalue weighted by atomic mass is 32.2. The van der Waals surface area contributed by atoms with Crippen molar-refractivity contribution in [2.45, 2.75) is 76.0 Å². The van der Waals surface area contributed by atoms with E-state index in [-0.39, 0.29) is 15.8 Å². The van der Waals surface area contributed by atoms with Crippen molar-refractivity contribution < 1.29 is 39.6 Å². The zero-order valence-corrected chi connectivity index (χ0v) is 33.1. The molecule has 3 aromatic rings. The van der Waals surface area contributed by atoms with Crippen LogP contribution in [0, 0.1) is 20.8 Å². The fourth-order valence-electron chi connectivity index (χ4n) is 3.77. The van der Waals surface area contributed by atoms with Crippen molar-refractivity contribution in [2.24, 2.45) is 5.73 Å². The van der Waals surface area contributed by atoms with Crippen LogP contribution in [0.2, 0.25) is 0 Å². The predicted octanol–water partition coefficient (Wildman–Crippen LogP) is 4.12. The van der Waals surface area contributed by atoms with Crippen molar-refractivity contribution >= 4 is 53.3 Å². The summed E-state index contributed by atoms with van der Waals surface area (Å²) < 4.78 is 70.0. The van der Waals surface area contributed by atoms with Gasteiger partial charge in [0.25, 0.3) is 0 Å². The van der Waals surface area contributed by atoms with Crippen LogP contribution < -0.4 is 32.3 Å². The molecule has 6 amide bonds. The number of sulfone groups is 3. The van der Waals surface area contributed by atoms with Crippen LogP contribution in [0.1, 0.15) is 51.3 Å². The minimum atomic E-state index is -3.57. The summed E-state index contributed by atoms with van der Waals surface area (Å²) >= 11 is 0. The first-order chi connectivity index (χ1) is 23.9. The van der Waals surface area contributed by atoms with E-state index in [9.17, 15) is 39.6 Å². The average Bonchev–Trinajstić information content (AvgIpc) is 3.02. The maximum absolute atomic E-state index is 12.3. The summed E-state index contributed by atoms with van der Waals surface area (Å²) in [4.78, 5) is 33.7. The quantitative estimate of drug-likeness (QED) is 0.173. The molecule has 0 heterocycles. The molecule has 0 radical (unpaired) electrons. The number of amides is 6. The van der Waals surface area contributed by atoms with Crippen LogP contribution in [-0.2, 0) is 29.5 Å². The molecule has 52 heavy (non-hydrogen) atoms. The van der Waals surface area contributed by atoms with Gasteiger partial charge in [0.15, 0.2) is 29.5 Å². The van der Waals surface area contributed by atoms with E-state index in [1.807, 2.05) is 25.2 Å². The molecule has 0 unspecified atom stereocenters. The van der Waals surface area contributed by atoms with Gasteiger partial charge in [0.2, 0.25) is 0 Å². The Kier molecular flexibility index (Phi) is 17.3. The van der Waals surface area contributed by atoms with Crippen molar-refractivity contribution in [1.82, 2.24) is 21.3 Å². The van der Waals surface area contributed by atoms with Gasteiger partial charge >= 0.3 is 18.1 Å². The molecule has 0 aliphatic rings. The molecule has 288 valence electrons. The first kappa shape index (κ1) is 45.3. The normalized spacial score (nSPS) is 11.5. The highest BCUT2D eigenvalue weighted by Gasteiger charge is 2.28. The first-order valence-corrected chi connectivity index (χ1v) is 20.8. The maximum Gasteiger partial charge on any atom is 0.320 e. The van der Waals surface area contributed by atoms with Crippen molar-refractivity contribution in [3.05, 3.63) is 89.5 Å². The van der Waals surface area contributed by atoms with E-state index in [2.05, 4.69) is 21.3 Å². The Bertz CT molecular complexity index is 1980. The van der Waals surface area contributed by atoms with Crippen molar-refractivity contribution in [3.63, 3.8) is 0 Å². The Labute approximate surface area is 307 Å². The van der Waals surface area contributed by atoms with Crippen molar-refractivity contribution in [3.8, 4) is 0 Å². The van der Waals surface area contributed by atoms with Gasteiger partial charge in [0.05, 0.1) is 14.5 Å². The van der Waals surface area contributed by atoms with Crippen LogP contribution in [-0.4, -0.2) is 71.8 Å². The Balaban J connectivity index is 0.000000408. The molecule has 0 aliphatic carbocycles. The molecule has 0 aromatic heterocycles. The number of anilines is 1. The van der Waals surface area contributed by atoms with Crippen LogP contribution in [0.25, 0.3) is 0 Å². The molecule has 0 saturated heterocycles. The third-order valence-electron chi connectivity index (χ3n) is 6.71. The van der Waals surface area contributed by atoms with Gasteiger partial charge in [-0.05, 0) is 91.3 Å². The standard InChI is InChI=1S/C16H18N2O3S.C12H18N2O3S.C6H14N2O3S/c1-12-8-9-15(13(2)10-12)22(20,21)11-17-16(19)18-14-6-4-3-5-7-14;1-9(2)14-12(15)13-8-18(16,17)11-6-4-10(3)5-7-11;1-6(2,3)12(10,11)4-8-5(7)9/h3-10H,11H2,1-2H3,(H2,17,18,19);4-7,9H,8H2,1-3H3,(H2,13,14,15);4H2,1-3H3,(H3,7,8,9). The average molecular weight is 783 g/mol. The van der Waals surface area contributed by atoms with Crippen molar-refractivity contribution in [1.29, 1.82) is 0 Å². The monoisotopic (exact) mass is 782 g/mol. The summed E-state index contributed by atoms with van der Waals surface area (Å²) in [7, 11) is -10.4. The van der Waals surface area contributed by atoms with Gasteiger partial charge in [-0.3, -0.25) is 0 Å². The van der Waals surface area contributed by atoms with E-state index in [0.717, 1.165) is 11.1 Å². The summed E-state index contributed by atoms with van der Waals surface area (Å²) in [6.45, 7) is 13.8. The second kappa shape index (κ2) is 19.8. The minimum Gasteiger partial charge on any atom is -0.352 e. The summed E-state index contributed by atoms with van der Waals surface area (Å²) in [6, 6.07) is 18.5. The highest BCUT2D eigenvalue weighted by molar-refractivity contribution is 7.92. The lowest BCUT2D eigenvalue weighted by Gasteiger charge is -2.18. The molecular formula is C34H50N6O9S3. The van der Waals surface area contributed by atoms with Gasteiger partial charge < -0.3 is 32.3 Å². The first-order valence-electron chi connectivity index (χ1n) is 15.9. The van der Waals surface area contributed by atoms with E-state index in [4.69, 9.17) is 5.73 Å². The van der Waals surface area contributed by atoms with Crippen LogP contribution in [0.3, 0.4) is 0 Å². The topological polar surface area (TPSA) is 240 Å². The number of benzene rings is 3. The second-order valence-corrected chi connectivity index (χ2v) is 19.5. The summed E-state index contributed by atoms with van der Waals surface area (Å²) in [5.41, 5.74) is 7.98. The van der Waals surface area contributed by atoms with Gasteiger partial charge in [-0.15, -0.1) is 0 Å². The number of urea groups is 3. The molecule has 0 bridgehead atoms. The lowest BCUT2D eigenvalue weighted by Crippen LogP contribution is -2.41. The Morgan fingerprint density at radius 1 is 0.673 bits per heavy atom. The third kappa shape index (κ3) is 16.6. The number of para-hydroxylation sites is 1. The number of rotatable bonds is 10. The minimum absolute atomic E-state index is 0.0351. The molecule has 7 N–H and O–H groups in total. The van der Waals surface area contributed by atoms with Gasteiger partial charge in [0.1, 0.15) is 17.6 Å². The fourth-order valence-corrected chi connectivity index (χ4v) is 6.87. The lowest BCUT2D eigenvalue weighted by molar-refractivity contribution is 0.240. The molecule has 0 atom stereocenters. The number of hydrogen-bond acceptors (Lipinski definition) is 9. The Morgan fingerprint density at radius 3 is 1.69 bits per heavy atom. The Morgan fingerprint density at radius 2 is 1.19 bits per heavy atom. The van der Waals surface area contributed by atoms with E-state index in [1.165, 1.54) is 12.1 Å². The van der Waals surface area contributed by atoms with Gasteiger partial charge in [0, 0.05) is 11.7 Å². The van der Waals surface area contributed by atoms with E-state index < -0.39 is 70.0 Å². The molecule has 0 saturated carbocycles. The number of primary amides is 1. The molecule has 18 heteroatoms. The zero-order chi connectivity index (χ0) is 39.9.